The lowest BCUT2D eigenvalue weighted by atomic mass is 10.2. The summed E-state index contributed by atoms with van der Waals surface area (Å²) in [5, 5.41) is 13.9. The van der Waals surface area contributed by atoms with E-state index in [2.05, 4.69) is 27.1 Å². The first-order chi connectivity index (χ1) is 11.1. The molecule has 0 aliphatic rings. The number of hydrogen-bond acceptors (Lipinski definition) is 4. The summed E-state index contributed by atoms with van der Waals surface area (Å²) in [5.74, 6) is 0.841. The van der Waals surface area contributed by atoms with Crippen molar-refractivity contribution < 1.29 is 5.11 Å². The van der Waals surface area contributed by atoms with Gasteiger partial charge in [-0.2, -0.15) is 5.10 Å². The van der Waals surface area contributed by atoms with E-state index in [9.17, 15) is 5.11 Å². The molecule has 0 spiro atoms. The molecule has 5 nitrogen and oxygen atoms in total. The van der Waals surface area contributed by atoms with Crippen LogP contribution in [0.2, 0.25) is 0 Å². The van der Waals surface area contributed by atoms with Crippen LogP contribution in [0.15, 0.2) is 60.9 Å². The van der Waals surface area contributed by atoms with Gasteiger partial charge in [0, 0.05) is 26.0 Å². The third-order valence-corrected chi connectivity index (χ3v) is 3.67. The first-order valence-corrected chi connectivity index (χ1v) is 7.58. The molecule has 1 aromatic carbocycles. The number of benzene rings is 1. The van der Waals surface area contributed by atoms with E-state index in [1.54, 1.807) is 13.1 Å². The molecule has 0 aliphatic heterocycles. The zero-order valence-corrected chi connectivity index (χ0v) is 13.3. The number of nitrogens with zero attached hydrogens (tertiary/aromatic N) is 4. The zero-order chi connectivity index (χ0) is 16.2. The minimum absolute atomic E-state index is 0.563. The van der Waals surface area contributed by atoms with E-state index in [0.29, 0.717) is 5.69 Å². The quantitative estimate of drug-likeness (QED) is 0.787. The zero-order valence-electron chi connectivity index (χ0n) is 13.3. The Bertz CT molecular complexity index is 768. The minimum Gasteiger partial charge on any atom is -0.387 e. The molecule has 1 N–H and O–H groups in total. The van der Waals surface area contributed by atoms with Crippen molar-refractivity contribution in [1.82, 2.24) is 14.8 Å². The van der Waals surface area contributed by atoms with Gasteiger partial charge in [-0.1, -0.05) is 18.2 Å². The fraction of sp³-hybridized carbons (Fsp3) is 0.222. The summed E-state index contributed by atoms with van der Waals surface area (Å²) >= 11 is 0. The topological polar surface area (TPSA) is 54.2 Å². The van der Waals surface area contributed by atoms with Crippen molar-refractivity contribution >= 4 is 5.82 Å². The number of aromatic nitrogens is 3. The van der Waals surface area contributed by atoms with Crippen molar-refractivity contribution in [1.29, 1.82) is 0 Å². The Morgan fingerprint density at radius 2 is 2.00 bits per heavy atom. The SMILES string of the molecule is CC(O)c1cccc(N(C)Cc2cccc(-n3cccn3)c2)n1. The van der Waals surface area contributed by atoms with Gasteiger partial charge < -0.3 is 10.0 Å². The number of anilines is 1. The highest BCUT2D eigenvalue weighted by molar-refractivity contribution is 5.42. The van der Waals surface area contributed by atoms with Crippen molar-refractivity contribution in [2.75, 3.05) is 11.9 Å². The van der Waals surface area contributed by atoms with Gasteiger partial charge in [-0.25, -0.2) is 9.67 Å². The molecule has 0 saturated carbocycles. The largest absolute Gasteiger partial charge is 0.387 e. The molecule has 2 aromatic heterocycles. The monoisotopic (exact) mass is 308 g/mol. The van der Waals surface area contributed by atoms with Gasteiger partial charge in [-0.3, -0.25) is 0 Å². The molecule has 23 heavy (non-hydrogen) atoms. The van der Waals surface area contributed by atoms with Gasteiger partial charge in [0.1, 0.15) is 5.82 Å². The van der Waals surface area contributed by atoms with E-state index in [-0.39, 0.29) is 0 Å². The molecule has 0 amide bonds. The smallest absolute Gasteiger partial charge is 0.128 e. The Labute approximate surface area is 135 Å². The summed E-state index contributed by atoms with van der Waals surface area (Å²) in [4.78, 5) is 6.56. The van der Waals surface area contributed by atoms with Crippen molar-refractivity contribution in [2.45, 2.75) is 19.6 Å². The van der Waals surface area contributed by atoms with Crippen molar-refractivity contribution in [2.24, 2.45) is 0 Å². The highest BCUT2D eigenvalue weighted by Crippen LogP contribution is 2.18. The number of rotatable bonds is 5. The number of aliphatic hydroxyl groups excluding tert-OH is 1. The average Bonchev–Trinajstić information content (AvgIpc) is 3.10. The van der Waals surface area contributed by atoms with Gasteiger partial charge in [0.25, 0.3) is 0 Å². The second-order valence-electron chi connectivity index (χ2n) is 5.57. The number of hydrogen-bond donors (Lipinski definition) is 1. The highest BCUT2D eigenvalue weighted by Gasteiger charge is 2.08. The van der Waals surface area contributed by atoms with Crippen molar-refractivity contribution in [3.05, 3.63) is 72.2 Å². The average molecular weight is 308 g/mol. The van der Waals surface area contributed by atoms with Crippen molar-refractivity contribution in [3.8, 4) is 5.69 Å². The van der Waals surface area contributed by atoms with Crippen LogP contribution < -0.4 is 4.90 Å². The summed E-state index contributed by atoms with van der Waals surface area (Å²) in [6, 6.07) is 15.9. The summed E-state index contributed by atoms with van der Waals surface area (Å²) in [6.45, 7) is 2.45. The second-order valence-corrected chi connectivity index (χ2v) is 5.57. The Morgan fingerprint density at radius 1 is 1.17 bits per heavy atom. The van der Waals surface area contributed by atoms with E-state index < -0.39 is 6.10 Å². The molecular weight excluding hydrogens is 288 g/mol. The van der Waals surface area contributed by atoms with Gasteiger partial charge in [-0.15, -0.1) is 0 Å². The van der Waals surface area contributed by atoms with Gasteiger partial charge in [0.15, 0.2) is 0 Å². The molecule has 0 aliphatic carbocycles. The van der Waals surface area contributed by atoms with Crippen LogP contribution in [0.25, 0.3) is 5.69 Å². The predicted octanol–water partition coefficient (Wildman–Crippen LogP) is 2.96. The third kappa shape index (κ3) is 3.57. The van der Waals surface area contributed by atoms with E-state index in [0.717, 1.165) is 18.1 Å². The van der Waals surface area contributed by atoms with Crippen LogP contribution in [0.3, 0.4) is 0 Å². The number of aliphatic hydroxyl groups is 1. The number of pyridine rings is 1. The van der Waals surface area contributed by atoms with Crippen LogP contribution in [0, 0.1) is 0 Å². The molecular formula is C18H20N4O. The lowest BCUT2D eigenvalue weighted by Gasteiger charge is -2.19. The Morgan fingerprint density at radius 3 is 2.74 bits per heavy atom. The van der Waals surface area contributed by atoms with Gasteiger partial charge in [0.05, 0.1) is 17.5 Å². The molecule has 3 aromatic rings. The fourth-order valence-electron chi connectivity index (χ4n) is 2.46. The van der Waals surface area contributed by atoms with Gasteiger partial charge in [-0.05, 0) is 42.8 Å². The van der Waals surface area contributed by atoms with E-state index in [1.807, 2.05) is 54.3 Å². The molecule has 0 radical (unpaired) electrons. The van der Waals surface area contributed by atoms with E-state index >= 15 is 0 Å². The van der Waals surface area contributed by atoms with Crippen LogP contribution in [-0.2, 0) is 6.54 Å². The van der Waals surface area contributed by atoms with Crippen LogP contribution in [-0.4, -0.2) is 26.9 Å². The maximum Gasteiger partial charge on any atom is 0.128 e. The first-order valence-electron chi connectivity index (χ1n) is 7.58. The first kappa shape index (κ1) is 15.2. The maximum atomic E-state index is 9.67. The molecule has 118 valence electrons. The second kappa shape index (κ2) is 6.62. The van der Waals surface area contributed by atoms with Crippen molar-refractivity contribution in [3.63, 3.8) is 0 Å². The van der Waals surface area contributed by atoms with Gasteiger partial charge in [0.2, 0.25) is 0 Å². The molecule has 1 atom stereocenters. The summed E-state index contributed by atoms with van der Waals surface area (Å²) in [6.07, 6.45) is 3.13. The molecule has 0 fully saturated rings. The predicted molar refractivity (Wildman–Crippen MR) is 90.5 cm³/mol. The molecule has 2 heterocycles. The Hall–Kier alpha value is -2.66. The molecule has 5 heteroatoms. The standard InChI is InChI=1S/C18H20N4O/c1-14(23)17-8-4-9-18(20-17)21(2)13-15-6-3-7-16(12-15)22-11-5-10-19-22/h3-12,14,23H,13H2,1-2H3. The van der Waals surface area contributed by atoms with Crippen LogP contribution in [0.4, 0.5) is 5.82 Å². The normalized spacial score (nSPS) is 12.1. The Kier molecular flexibility index (Phi) is 4.39. The van der Waals surface area contributed by atoms with Gasteiger partial charge >= 0.3 is 0 Å². The lowest BCUT2D eigenvalue weighted by Crippen LogP contribution is -2.18. The summed E-state index contributed by atoms with van der Waals surface area (Å²) in [5.41, 5.74) is 2.89. The fourth-order valence-corrected chi connectivity index (χ4v) is 2.46. The molecule has 0 saturated heterocycles. The summed E-state index contributed by atoms with van der Waals surface area (Å²) < 4.78 is 1.84. The molecule has 0 bridgehead atoms. The van der Waals surface area contributed by atoms with Crippen LogP contribution in [0.5, 0.6) is 0 Å². The van der Waals surface area contributed by atoms with E-state index in [1.165, 1.54) is 5.56 Å². The molecule has 1 unspecified atom stereocenters. The highest BCUT2D eigenvalue weighted by atomic mass is 16.3. The summed E-state index contributed by atoms with van der Waals surface area (Å²) in [7, 11) is 1.99. The minimum atomic E-state index is -0.563. The third-order valence-electron chi connectivity index (χ3n) is 3.67. The Balaban J connectivity index is 1.79. The molecule has 3 rings (SSSR count). The van der Waals surface area contributed by atoms with Crippen LogP contribution >= 0.6 is 0 Å². The van der Waals surface area contributed by atoms with Crippen LogP contribution in [0.1, 0.15) is 24.3 Å². The van der Waals surface area contributed by atoms with E-state index in [4.69, 9.17) is 0 Å². The maximum absolute atomic E-state index is 9.67. The lowest BCUT2D eigenvalue weighted by molar-refractivity contribution is 0.194.